The van der Waals surface area contributed by atoms with Gasteiger partial charge in [0.1, 0.15) is 0 Å². The van der Waals surface area contributed by atoms with Gasteiger partial charge in [0, 0.05) is 6.08 Å². The number of rotatable bonds is 2. The molecule has 0 N–H and O–H groups in total. The van der Waals surface area contributed by atoms with E-state index in [1.807, 2.05) is 0 Å². The van der Waals surface area contributed by atoms with E-state index < -0.39 is 5.97 Å². The van der Waals surface area contributed by atoms with E-state index in [1.54, 1.807) is 6.92 Å². The molecule has 0 aliphatic carbocycles. The van der Waals surface area contributed by atoms with Crippen molar-refractivity contribution >= 4 is 11.8 Å². The van der Waals surface area contributed by atoms with Crippen LogP contribution in [0.2, 0.25) is 0 Å². The third-order valence-corrected chi connectivity index (χ3v) is 1.09. The predicted molar refractivity (Wildman–Crippen MR) is 36.5 cm³/mol. The number of methoxy groups -OCH3 is 1. The maximum absolute atomic E-state index is 10.5. The zero-order chi connectivity index (χ0) is 8.15. The van der Waals surface area contributed by atoms with Gasteiger partial charge < -0.3 is 4.74 Å². The minimum absolute atomic E-state index is 0.120. The molecule has 0 rings (SSSR count). The van der Waals surface area contributed by atoms with Crippen LogP contribution < -0.4 is 0 Å². The van der Waals surface area contributed by atoms with Crippen molar-refractivity contribution in [3.05, 3.63) is 11.6 Å². The van der Waals surface area contributed by atoms with Crippen LogP contribution in [-0.4, -0.2) is 18.9 Å². The summed E-state index contributed by atoms with van der Waals surface area (Å²) in [6, 6.07) is 0. The van der Waals surface area contributed by atoms with Crippen molar-refractivity contribution in [1.29, 1.82) is 0 Å². The average Bonchev–Trinajstić information content (AvgIpc) is 1.87. The van der Waals surface area contributed by atoms with Gasteiger partial charge in [0.25, 0.3) is 0 Å². The second-order valence-electron chi connectivity index (χ2n) is 1.91. The maximum atomic E-state index is 10.5. The molecule has 0 atom stereocenters. The molecule has 0 spiro atoms. The van der Waals surface area contributed by atoms with Gasteiger partial charge in [0.05, 0.1) is 7.11 Å². The predicted octanol–water partition coefficient (Wildman–Crippen LogP) is 0.695. The van der Waals surface area contributed by atoms with E-state index in [0.29, 0.717) is 5.57 Å². The van der Waals surface area contributed by atoms with Gasteiger partial charge in [-0.3, -0.25) is 4.79 Å². The number of ketones is 1. The first-order valence-electron chi connectivity index (χ1n) is 2.85. The third kappa shape index (κ3) is 3.02. The van der Waals surface area contributed by atoms with Crippen molar-refractivity contribution in [3.63, 3.8) is 0 Å². The van der Waals surface area contributed by atoms with E-state index in [0.717, 1.165) is 0 Å². The van der Waals surface area contributed by atoms with E-state index in [4.69, 9.17) is 0 Å². The Morgan fingerprint density at radius 3 is 2.10 bits per heavy atom. The summed E-state index contributed by atoms with van der Waals surface area (Å²) in [6.45, 7) is 2.97. The Bertz CT molecular complexity index is 179. The summed E-state index contributed by atoms with van der Waals surface area (Å²) < 4.78 is 4.30. The van der Waals surface area contributed by atoms with Gasteiger partial charge in [0.15, 0.2) is 5.78 Å². The Kier molecular flexibility index (Phi) is 3.39. The molecule has 0 unspecified atom stereocenters. The Morgan fingerprint density at radius 1 is 1.30 bits per heavy atom. The molecule has 10 heavy (non-hydrogen) atoms. The molecule has 0 bridgehead atoms. The minimum Gasteiger partial charge on any atom is -0.466 e. The standard InChI is InChI=1S/C7H10O3/c1-5(6(2)8)4-7(9)10-3/h4H,1-3H3. The molecule has 0 saturated carbocycles. The fourth-order valence-corrected chi connectivity index (χ4v) is 0.337. The Balaban J connectivity index is 4.16. The lowest BCUT2D eigenvalue weighted by atomic mass is 10.2. The number of ether oxygens (including phenoxy) is 1. The highest BCUT2D eigenvalue weighted by atomic mass is 16.5. The zero-order valence-corrected chi connectivity index (χ0v) is 6.30. The zero-order valence-electron chi connectivity index (χ0n) is 6.30. The quantitative estimate of drug-likeness (QED) is 0.421. The lowest BCUT2D eigenvalue weighted by Gasteiger charge is -1.92. The van der Waals surface area contributed by atoms with Crippen LogP contribution in [0, 0.1) is 0 Å². The van der Waals surface area contributed by atoms with Gasteiger partial charge in [-0.05, 0) is 19.4 Å². The van der Waals surface area contributed by atoms with Crippen molar-refractivity contribution in [2.45, 2.75) is 13.8 Å². The Hall–Kier alpha value is -1.12. The van der Waals surface area contributed by atoms with E-state index in [-0.39, 0.29) is 5.78 Å². The maximum Gasteiger partial charge on any atom is 0.330 e. The fraction of sp³-hybridized carbons (Fsp3) is 0.429. The Labute approximate surface area is 59.7 Å². The third-order valence-electron chi connectivity index (χ3n) is 1.09. The van der Waals surface area contributed by atoms with Gasteiger partial charge >= 0.3 is 5.97 Å². The van der Waals surface area contributed by atoms with Gasteiger partial charge in [-0.15, -0.1) is 0 Å². The molecular formula is C7H10O3. The second kappa shape index (κ2) is 3.82. The second-order valence-corrected chi connectivity index (χ2v) is 1.91. The van der Waals surface area contributed by atoms with E-state index in [1.165, 1.54) is 20.1 Å². The monoisotopic (exact) mass is 142 g/mol. The van der Waals surface area contributed by atoms with Gasteiger partial charge in [-0.25, -0.2) is 4.79 Å². The normalized spacial score (nSPS) is 10.9. The van der Waals surface area contributed by atoms with Crippen LogP contribution in [0.15, 0.2) is 11.6 Å². The minimum atomic E-state index is -0.493. The van der Waals surface area contributed by atoms with Gasteiger partial charge in [-0.1, -0.05) is 0 Å². The highest BCUT2D eigenvalue weighted by Gasteiger charge is 1.99. The van der Waals surface area contributed by atoms with Gasteiger partial charge in [0.2, 0.25) is 0 Å². The largest absolute Gasteiger partial charge is 0.466 e. The molecule has 0 aromatic carbocycles. The molecule has 0 heterocycles. The lowest BCUT2D eigenvalue weighted by molar-refractivity contribution is -0.135. The molecule has 56 valence electrons. The van der Waals surface area contributed by atoms with Crippen LogP contribution in [0.4, 0.5) is 0 Å². The van der Waals surface area contributed by atoms with Crippen LogP contribution in [0.1, 0.15) is 13.8 Å². The van der Waals surface area contributed by atoms with Gasteiger partial charge in [-0.2, -0.15) is 0 Å². The summed E-state index contributed by atoms with van der Waals surface area (Å²) in [4.78, 5) is 21.0. The summed E-state index contributed by atoms with van der Waals surface area (Å²) in [5.74, 6) is -0.613. The highest BCUT2D eigenvalue weighted by Crippen LogP contribution is 1.93. The number of Topliss-reactive ketones (excluding diaryl/α,β-unsaturated/α-hetero) is 1. The number of esters is 1. The molecule has 3 heteroatoms. The molecule has 0 amide bonds. The summed E-state index contributed by atoms with van der Waals surface area (Å²) in [7, 11) is 1.27. The topological polar surface area (TPSA) is 43.4 Å². The van der Waals surface area contributed by atoms with Crippen LogP contribution >= 0.6 is 0 Å². The SMILES string of the molecule is COC(=O)C=C(C)C(C)=O. The van der Waals surface area contributed by atoms with Crippen LogP contribution in [0.25, 0.3) is 0 Å². The van der Waals surface area contributed by atoms with E-state index in [9.17, 15) is 9.59 Å². The van der Waals surface area contributed by atoms with Crippen LogP contribution in [-0.2, 0) is 14.3 Å². The first-order valence-corrected chi connectivity index (χ1v) is 2.85. The van der Waals surface area contributed by atoms with E-state index in [2.05, 4.69) is 4.74 Å². The molecule has 0 aliphatic heterocycles. The Morgan fingerprint density at radius 2 is 1.80 bits per heavy atom. The van der Waals surface area contributed by atoms with Crippen molar-refractivity contribution in [2.75, 3.05) is 7.11 Å². The van der Waals surface area contributed by atoms with Crippen molar-refractivity contribution < 1.29 is 14.3 Å². The number of allylic oxidation sites excluding steroid dienone is 1. The first kappa shape index (κ1) is 8.88. The molecule has 3 nitrogen and oxygen atoms in total. The molecule has 0 aliphatic rings. The molecule has 0 saturated heterocycles. The fourth-order valence-electron chi connectivity index (χ4n) is 0.337. The van der Waals surface area contributed by atoms with Crippen molar-refractivity contribution in [3.8, 4) is 0 Å². The smallest absolute Gasteiger partial charge is 0.330 e. The summed E-state index contributed by atoms with van der Waals surface area (Å²) in [5, 5.41) is 0. The highest BCUT2D eigenvalue weighted by molar-refractivity contribution is 5.98. The number of hydrogen-bond donors (Lipinski definition) is 0. The summed E-state index contributed by atoms with van der Waals surface area (Å²) in [5.41, 5.74) is 0.409. The number of carbonyl (C=O) groups excluding carboxylic acids is 2. The number of hydrogen-bond acceptors (Lipinski definition) is 3. The van der Waals surface area contributed by atoms with Crippen LogP contribution in [0.5, 0.6) is 0 Å². The lowest BCUT2D eigenvalue weighted by Crippen LogP contribution is -1.99. The first-order chi connectivity index (χ1) is 4.57. The van der Waals surface area contributed by atoms with E-state index >= 15 is 0 Å². The number of carbonyl (C=O) groups is 2. The molecule has 0 aromatic heterocycles. The summed E-state index contributed by atoms with van der Waals surface area (Å²) >= 11 is 0. The molecule has 0 aromatic rings. The average molecular weight is 142 g/mol. The molecular weight excluding hydrogens is 132 g/mol. The van der Waals surface area contributed by atoms with Crippen LogP contribution in [0.3, 0.4) is 0 Å². The van der Waals surface area contributed by atoms with Crippen molar-refractivity contribution in [1.82, 2.24) is 0 Å². The summed E-state index contributed by atoms with van der Waals surface area (Å²) in [6.07, 6.45) is 1.17. The molecule has 0 fully saturated rings. The molecule has 0 radical (unpaired) electrons. The van der Waals surface area contributed by atoms with Crippen molar-refractivity contribution in [2.24, 2.45) is 0 Å².